The van der Waals surface area contributed by atoms with Crippen molar-refractivity contribution in [2.45, 2.75) is 26.9 Å². The molecule has 3 heteroatoms. The highest BCUT2D eigenvalue weighted by atomic mass is 16.5. The van der Waals surface area contributed by atoms with Gasteiger partial charge in [0.25, 0.3) is 0 Å². The van der Waals surface area contributed by atoms with Crippen LogP contribution in [-0.2, 0) is 4.74 Å². The molecule has 0 aliphatic carbocycles. The Morgan fingerprint density at radius 1 is 1.40 bits per heavy atom. The first-order chi connectivity index (χ1) is 7.15. The largest absolute Gasteiger partial charge is 0.486 e. The second-order valence-corrected chi connectivity index (χ2v) is 3.57. The molecule has 1 unspecified atom stereocenters. The van der Waals surface area contributed by atoms with Crippen LogP contribution in [0, 0.1) is 6.92 Å². The molecule has 0 aliphatic heterocycles. The minimum atomic E-state index is 0.0223. The molecule has 1 aromatic carbocycles. The average Bonchev–Trinajstić information content (AvgIpc) is 2.22. The summed E-state index contributed by atoms with van der Waals surface area (Å²) in [6.07, 6.45) is 0.0223. The van der Waals surface area contributed by atoms with E-state index in [2.05, 4.69) is 0 Å². The third-order valence-corrected chi connectivity index (χ3v) is 2.17. The number of ether oxygens (including phenoxy) is 2. The molecule has 0 aromatic heterocycles. The van der Waals surface area contributed by atoms with E-state index < -0.39 is 0 Å². The first-order valence-corrected chi connectivity index (χ1v) is 5.24. The minimum Gasteiger partial charge on any atom is -0.486 e. The number of nitrogens with two attached hydrogens (primary N) is 1. The molecule has 1 aromatic rings. The van der Waals surface area contributed by atoms with Gasteiger partial charge >= 0.3 is 0 Å². The SMILES string of the molecule is CCOCC(C)Oc1cccc(C)c1N. The van der Waals surface area contributed by atoms with Crippen LogP contribution in [0.1, 0.15) is 19.4 Å². The summed E-state index contributed by atoms with van der Waals surface area (Å²) in [5.41, 5.74) is 7.64. The van der Waals surface area contributed by atoms with Gasteiger partial charge in [0.05, 0.1) is 12.3 Å². The average molecular weight is 209 g/mol. The van der Waals surface area contributed by atoms with E-state index in [9.17, 15) is 0 Å². The second-order valence-electron chi connectivity index (χ2n) is 3.57. The van der Waals surface area contributed by atoms with Crippen molar-refractivity contribution in [3.63, 3.8) is 0 Å². The summed E-state index contributed by atoms with van der Waals surface area (Å²) in [5, 5.41) is 0. The highest BCUT2D eigenvalue weighted by Crippen LogP contribution is 2.25. The Labute approximate surface area is 91.2 Å². The van der Waals surface area contributed by atoms with Gasteiger partial charge in [-0.3, -0.25) is 0 Å². The number of rotatable bonds is 5. The van der Waals surface area contributed by atoms with Crippen molar-refractivity contribution in [2.75, 3.05) is 18.9 Å². The zero-order chi connectivity index (χ0) is 11.3. The van der Waals surface area contributed by atoms with E-state index in [1.807, 2.05) is 39.0 Å². The monoisotopic (exact) mass is 209 g/mol. The van der Waals surface area contributed by atoms with Gasteiger partial charge < -0.3 is 15.2 Å². The molecule has 0 amide bonds. The summed E-state index contributed by atoms with van der Waals surface area (Å²) >= 11 is 0. The Bertz CT molecular complexity index is 312. The van der Waals surface area contributed by atoms with Crippen molar-refractivity contribution >= 4 is 5.69 Å². The van der Waals surface area contributed by atoms with Crippen molar-refractivity contribution in [3.05, 3.63) is 23.8 Å². The van der Waals surface area contributed by atoms with E-state index in [1.165, 1.54) is 0 Å². The summed E-state index contributed by atoms with van der Waals surface area (Å²) in [4.78, 5) is 0. The van der Waals surface area contributed by atoms with E-state index in [0.29, 0.717) is 18.9 Å². The van der Waals surface area contributed by atoms with Crippen LogP contribution in [0.2, 0.25) is 0 Å². The highest BCUT2D eigenvalue weighted by Gasteiger charge is 2.07. The topological polar surface area (TPSA) is 44.5 Å². The van der Waals surface area contributed by atoms with E-state index in [4.69, 9.17) is 15.2 Å². The zero-order valence-electron chi connectivity index (χ0n) is 9.62. The molecular formula is C12H19NO2. The van der Waals surface area contributed by atoms with Gasteiger partial charge in [-0.05, 0) is 32.4 Å². The molecule has 2 N–H and O–H groups in total. The van der Waals surface area contributed by atoms with Gasteiger partial charge in [-0.1, -0.05) is 12.1 Å². The summed E-state index contributed by atoms with van der Waals surface area (Å²) in [6.45, 7) is 7.20. The molecule has 0 saturated carbocycles. The van der Waals surface area contributed by atoms with Gasteiger partial charge in [-0.15, -0.1) is 0 Å². The summed E-state index contributed by atoms with van der Waals surface area (Å²) in [6, 6.07) is 5.79. The first kappa shape index (κ1) is 11.9. The predicted molar refractivity (Wildman–Crippen MR) is 62.2 cm³/mol. The first-order valence-electron chi connectivity index (χ1n) is 5.24. The lowest BCUT2D eigenvalue weighted by Crippen LogP contribution is -2.19. The number of nitrogen functional groups attached to an aromatic ring is 1. The normalized spacial score (nSPS) is 12.5. The third kappa shape index (κ3) is 3.44. The Balaban J connectivity index is 2.60. The quantitative estimate of drug-likeness (QED) is 0.757. The molecule has 0 heterocycles. The van der Waals surface area contributed by atoms with Crippen LogP contribution in [-0.4, -0.2) is 19.3 Å². The molecule has 0 spiro atoms. The van der Waals surface area contributed by atoms with Crippen LogP contribution >= 0.6 is 0 Å². The summed E-state index contributed by atoms with van der Waals surface area (Å²) in [5.74, 6) is 0.738. The fraction of sp³-hybridized carbons (Fsp3) is 0.500. The Hall–Kier alpha value is -1.22. The molecule has 84 valence electrons. The third-order valence-electron chi connectivity index (χ3n) is 2.17. The van der Waals surface area contributed by atoms with Gasteiger partial charge in [0.1, 0.15) is 11.9 Å². The van der Waals surface area contributed by atoms with E-state index >= 15 is 0 Å². The zero-order valence-corrected chi connectivity index (χ0v) is 9.62. The maximum atomic E-state index is 5.89. The second kappa shape index (κ2) is 5.61. The Morgan fingerprint density at radius 3 is 2.80 bits per heavy atom. The van der Waals surface area contributed by atoms with Crippen LogP contribution in [0.4, 0.5) is 5.69 Å². The van der Waals surface area contributed by atoms with Gasteiger partial charge in [-0.25, -0.2) is 0 Å². The number of para-hydroxylation sites is 1. The van der Waals surface area contributed by atoms with Gasteiger partial charge in [0, 0.05) is 6.61 Å². The van der Waals surface area contributed by atoms with Gasteiger partial charge in [0.15, 0.2) is 0 Å². The van der Waals surface area contributed by atoms with Gasteiger partial charge in [-0.2, -0.15) is 0 Å². The Kier molecular flexibility index (Phi) is 4.43. The number of hydrogen-bond acceptors (Lipinski definition) is 3. The lowest BCUT2D eigenvalue weighted by atomic mass is 10.2. The summed E-state index contributed by atoms with van der Waals surface area (Å²) in [7, 11) is 0. The number of anilines is 1. The van der Waals surface area contributed by atoms with Crippen molar-refractivity contribution in [1.82, 2.24) is 0 Å². The van der Waals surface area contributed by atoms with Crippen molar-refractivity contribution < 1.29 is 9.47 Å². The van der Waals surface area contributed by atoms with Crippen molar-refractivity contribution in [2.24, 2.45) is 0 Å². The fourth-order valence-electron chi connectivity index (χ4n) is 1.29. The molecule has 0 fully saturated rings. The molecule has 1 atom stereocenters. The fourth-order valence-corrected chi connectivity index (χ4v) is 1.29. The molecule has 0 bridgehead atoms. The smallest absolute Gasteiger partial charge is 0.142 e. The number of aryl methyl sites for hydroxylation is 1. The van der Waals surface area contributed by atoms with Crippen LogP contribution in [0.15, 0.2) is 18.2 Å². The lowest BCUT2D eigenvalue weighted by Gasteiger charge is -2.16. The van der Waals surface area contributed by atoms with E-state index in [-0.39, 0.29) is 6.10 Å². The molecular weight excluding hydrogens is 190 g/mol. The molecule has 3 nitrogen and oxygen atoms in total. The molecule has 0 aliphatic rings. The van der Waals surface area contributed by atoms with Crippen LogP contribution in [0.25, 0.3) is 0 Å². The van der Waals surface area contributed by atoms with Gasteiger partial charge in [0.2, 0.25) is 0 Å². The predicted octanol–water partition coefficient (Wildman–Crippen LogP) is 2.38. The van der Waals surface area contributed by atoms with Crippen LogP contribution in [0.5, 0.6) is 5.75 Å². The molecule has 0 radical (unpaired) electrons. The van der Waals surface area contributed by atoms with Crippen molar-refractivity contribution in [3.8, 4) is 5.75 Å². The van der Waals surface area contributed by atoms with Crippen LogP contribution < -0.4 is 10.5 Å². The van der Waals surface area contributed by atoms with E-state index in [1.54, 1.807) is 0 Å². The lowest BCUT2D eigenvalue weighted by molar-refractivity contribution is 0.0661. The highest BCUT2D eigenvalue weighted by molar-refractivity contribution is 5.57. The maximum Gasteiger partial charge on any atom is 0.142 e. The minimum absolute atomic E-state index is 0.0223. The number of hydrogen-bond donors (Lipinski definition) is 1. The summed E-state index contributed by atoms with van der Waals surface area (Å²) < 4.78 is 10.9. The number of benzene rings is 1. The molecule has 15 heavy (non-hydrogen) atoms. The Morgan fingerprint density at radius 2 is 2.13 bits per heavy atom. The van der Waals surface area contributed by atoms with Crippen LogP contribution in [0.3, 0.4) is 0 Å². The van der Waals surface area contributed by atoms with E-state index in [0.717, 1.165) is 11.3 Å². The molecule has 0 saturated heterocycles. The standard InChI is InChI=1S/C12H19NO2/c1-4-14-8-10(3)15-11-7-5-6-9(2)12(11)13/h5-7,10H,4,8,13H2,1-3H3. The maximum absolute atomic E-state index is 5.89. The van der Waals surface area contributed by atoms with Crippen molar-refractivity contribution in [1.29, 1.82) is 0 Å². The molecule has 1 rings (SSSR count).